The molecule has 0 radical (unpaired) electrons. The number of rotatable bonds is 2. The zero-order valence-corrected chi connectivity index (χ0v) is 12.4. The zero-order chi connectivity index (χ0) is 15.1. The average Bonchev–Trinajstić information content (AvgIpc) is 2.81. The molecule has 0 unspecified atom stereocenters. The molecule has 0 saturated heterocycles. The van der Waals surface area contributed by atoms with Gasteiger partial charge in [0, 0.05) is 24.0 Å². The highest BCUT2D eigenvalue weighted by Gasteiger charge is 2.11. The van der Waals surface area contributed by atoms with Gasteiger partial charge in [0.15, 0.2) is 16.1 Å². The van der Waals surface area contributed by atoms with Gasteiger partial charge in [0.2, 0.25) is 0 Å². The van der Waals surface area contributed by atoms with Crippen LogP contribution in [0, 0.1) is 12.7 Å². The van der Waals surface area contributed by atoms with E-state index in [1.54, 1.807) is 17.6 Å². The summed E-state index contributed by atoms with van der Waals surface area (Å²) in [7, 11) is 0. The zero-order valence-electron chi connectivity index (χ0n) is 10.8. The molecule has 0 aliphatic carbocycles. The molecule has 0 aliphatic heterocycles. The van der Waals surface area contributed by atoms with Crippen molar-refractivity contribution in [3.8, 4) is 0 Å². The van der Waals surface area contributed by atoms with Crippen molar-refractivity contribution < 1.29 is 4.39 Å². The summed E-state index contributed by atoms with van der Waals surface area (Å²) in [5.74, 6) is -0.588. The van der Waals surface area contributed by atoms with Gasteiger partial charge in [-0.3, -0.25) is 4.79 Å². The SMILES string of the molecule is Cc1cc(=O)n2nc(Cl)cc2n1Cc1cnc(Cl)c(F)c1. The van der Waals surface area contributed by atoms with Crippen LogP contribution in [0.3, 0.4) is 0 Å². The fourth-order valence-corrected chi connectivity index (χ4v) is 2.41. The number of hydrogen-bond donors (Lipinski definition) is 0. The summed E-state index contributed by atoms with van der Waals surface area (Å²) in [4.78, 5) is 15.6. The van der Waals surface area contributed by atoms with Gasteiger partial charge >= 0.3 is 0 Å². The molecule has 3 rings (SSSR count). The third kappa shape index (κ3) is 2.52. The molecule has 5 nitrogen and oxygen atoms in total. The maximum Gasteiger partial charge on any atom is 0.274 e. The largest absolute Gasteiger partial charge is 0.325 e. The van der Waals surface area contributed by atoms with E-state index in [1.165, 1.54) is 22.8 Å². The van der Waals surface area contributed by atoms with Crippen molar-refractivity contribution in [2.75, 3.05) is 0 Å². The minimum atomic E-state index is -0.588. The number of fused-ring (bicyclic) bond motifs is 1. The topological polar surface area (TPSA) is 52.2 Å². The standard InChI is InChI=1S/C13H9Cl2FN4O/c1-7-2-12(21)20-11(4-10(14)18-20)19(7)6-8-3-9(16)13(15)17-5-8/h2-5H,6H2,1H3. The Bertz CT molecular complexity index is 903. The number of halogens is 3. The van der Waals surface area contributed by atoms with Crippen molar-refractivity contribution in [2.45, 2.75) is 13.5 Å². The second-order valence-electron chi connectivity index (χ2n) is 4.56. The Balaban J connectivity index is 2.15. The van der Waals surface area contributed by atoms with Crippen molar-refractivity contribution in [2.24, 2.45) is 0 Å². The minimum absolute atomic E-state index is 0.173. The molecule has 0 fully saturated rings. The molecule has 0 saturated carbocycles. The molecule has 0 aromatic carbocycles. The van der Waals surface area contributed by atoms with Crippen LogP contribution < -0.4 is 5.56 Å². The number of hydrogen-bond acceptors (Lipinski definition) is 3. The fourth-order valence-electron chi connectivity index (χ4n) is 2.13. The minimum Gasteiger partial charge on any atom is -0.325 e. The first-order valence-electron chi connectivity index (χ1n) is 6.01. The molecule has 0 atom stereocenters. The Hall–Kier alpha value is -1.92. The highest BCUT2D eigenvalue weighted by atomic mass is 35.5. The summed E-state index contributed by atoms with van der Waals surface area (Å²) in [6.45, 7) is 2.10. The summed E-state index contributed by atoms with van der Waals surface area (Å²) in [6.07, 6.45) is 1.48. The predicted molar refractivity (Wildman–Crippen MR) is 77.5 cm³/mol. The van der Waals surface area contributed by atoms with Crippen LogP contribution in [0.1, 0.15) is 11.3 Å². The number of aromatic nitrogens is 4. The van der Waals surface area contributed by atoms with E-state index in [4.69, 9.17) is 23.2 Å². The lowest BCUT2D eigenvalue weighted by Crippen LogP contribution is -2.20. The van der Waals surface area contributed by atoms with Gasteiger partial charge in [-0.2, -0.15) is 9.61 Å². The summed E-state index contributed by atoms with van der Waals surface area (Å²) < 4.78 is 16.5. The molecule has 8 heteroatoms. The summed E-state index contributed by atoms with van der Waals surface area (Å²) >= 11 is 11.4. The van der Waals surface area contributed by atoms with E-state index < -0.39 is 5.82 Å². The third-order valence-corrected chi connectivity index (χ3v) is 3.56. The van der Waals surface area contributed by atoms with Gasteiger partial charge in [0.1, 0.15) is 5.65 Å². The van der Waals surface area contributed by atoms with Gasteiger partial charge in [0.05, 0.1) is 6.54 Å². The third-order valence-electron chi connectivity index (χ3n) is 3.10. The van der Waals surface area contributed by atoms with Crippen LogP contribution >= 0.6 is 23.2 Å². The van der Waals surface area contributed by atoms with Crippen molar-refractivity contribution in [1.29, 1.82) is 0 Å². The van der Waals surface area contributed by atoms with Crippen molar-refractivity contribution in [3.63, 3.8) is 0 Å². The van der Waals surface area contributed by atoms with E-state index in [0.717, 1.165) is 0 Å². The Labute approximate surface area is 128 Å². The maximum absolute atomic E-state index is 13.5. The lowest BCUT2D eigenvalue weighted by molar-refractivity contribution is 0.616. The fraction of sp³-hybridized carbons (Fsp3) is 0.154. The molecule has 108 valence electrons. The average molecular weight is 327 g/mol. The smallest absolute Gasteiger partial charge is 0.274 e. The second-order valence-corrected chi connectivity index (χ2v) is 5.31. The van der Waals surface area contributed by atoms with Crippen LogP contribution in [0.15, 0.2) is 29.2 Å². The lowest BCUT2D eigenvalue weighted by atomic mass is 10.2. The highest BCUT2D eigenvalue weighted by molar-refractivity contribution is 6.29. The van der Waals surface area contributed by atoms with E-state index in [0.29, 0.717) is 23.4 Å². The van der Waals surface area contributed by atoms with Gasteiger partial charge in [-0.1, -0.05) is 23.2 Å². The van der Waals surface area contributed by atoms with Crippen LogP contribution in [0.25, 0.3) is 5.65 Å². The summed E-state index contributed by atoms with van der Waals surface area (Å²) in [5.41, 5.74) is 1.58. The Morgan fingerprint density at radius 1 is 1.29 bits per heavy atom. The number of aryl methyl sites for hydroxylation is 1. The van der Waals surface area contributed by atoms with Gasteiger partial charge < -0.3 is 4.57 Å². The molecule has 0 amide bonds. The van der Waals surface area contributed by atoms with Crippen molar-refractivity contribution in [1.82, 2.24) is 19.2 Å². The van der Waals surface area contributed by atoms with Gasteiger partial charge in [-0.05, 0) is 18.6 Å². The molecule has 3 aromatic rings. The number of pyridine rings is 1. The normalized spacial score (nSPS) is 11.2. The van der Waals surface area contributed by atoms with Crippen molar-refractivity contribution >= 4 is 28.8 Å². The van der Waals surface area contributed by atoms with E-state index >= 15 is 0 Å². The molecule has 21 heavy (non-hydrogen) atoms. The molecule has 0 N–H and O–H groups in total. The Morgan fingerprint density at radius 3 is 2.76 bits per heavy atom. The first kappa shape index (κ1) is 14.0. The molecule has 3 aromatic heterocycles. The second kappa shape index (κ2) is 5.13. The molecule has 0 spiro atoms. The molecule has 0 aliphatic rings. The van der Waals surface area contributed by atoms with Crippen LogP contribution in [-0.2, 0) is 6.54 Å². The number of nitrogens with zero attached hydrogens (tertiary/aromatic N) is 4. The first-order valence-corrected chi connectivity index (χ1v) is 6.77. The van der Waals surface area contributed by atoms with E-state index in [2.05, 4.69) is 10.1 Å². The van der Waals surface area contributed by atoms with Gasteiger partial charge in [-0.15, -0.1) is 0 Å². The van der Waals surface area contributed by atoms with Gasteiger partial charge in [0.25, 0.3) is 5.56 Å². The van der Waals surface area contributed by atoms with Crippen molar-refractivity contribution in [3.05, 3.63) is 62.1 Å². The maximum atomic E-state index is 13.5. The van der Waals surface area contributed by atoms with Crippen LogP contribution in [0.4, 0.5) is 4.39 Å². The predicted octanol–water partition coefficient (Wildman–Crippen LogP) is 2.69. The first-order chi connectivity index (χ1) is 9.95. The summed E-state index contributed by atoms with van der Waals surface area (Å²) in [6, 6.07) is 4.33. The molecule has 3 heterocycles. The quantitative estimate of drug-likeness (QED) is 0.680. The molecule has 0 bridgehead atoms. The van der Waals surface area contributed by atoms with E-state index in [1.807, 2.05) is 0 Å². The van der Waals surface area contributed by atoms with E-state index in [9.17, 15) is 9.18 Å². The summed E-state index contributed by atoms with van der Waals surface area (Å²) in [5, 5.41) is 3.97. The highest BCUT2D eigenvalue weighted by Crippen LogP contribution is 2.16. The lowest BCUT2D eigenvalue weighted by Gasteiger charge is -2.12. The van der Waals surface area contributed by atoms with Crippen LogP contribution in [-0.4, -0.2) is 19.2 Å². The van der Waals surface area contributed by atoms with E-state index in [-0.39, 0.29) is 15.9 Å². The van der Waals surface area contributed by atoms with Gasteiger partial charge in [-0.25, -0.2) is 9.37 Å². The molecular weight excluding hydrogens is 318 g/mol. The Morgan fingerprint density at radius 2 is 2.05 bits per heavy atom. The Kier molecular flexibility index (Phi) is 3.43. The van der Waals surface area contributed by atoms with Crippen LogP contribution in [0.2, 0.25) is 10.3 Å². The molecular formula is C13H9Cl2FN4O. The monoisotopic (exact) mass is 326 g/mol. The van der Waals surface area contributed by atoms with Crippen LogP contribution in [0.5, 0.6) is 0 Å².